The summed E-state index contributed by atoms with van der Waals surface area (Å²) in [6, 6.07) is 47.1. The molecular formula is C44H41GeIrN3O-2. The molecule has 0 N–H and O–H groups in total. The molecule has 0 aliphatic heterocycles. The first-order valence-corrected chi connectivity index (χ1v) is 24.2. The molecule has 5 aromatic carbocycles. The van der Waals surface area contributed by atoms with E-state index in [1.54, 1.807) is 0 Å². The van der Waals surface area contributed by atoms with Crippen molar-refractivity contribution in [1.29, 1.82) is 0 Å². The first-order valence-electron chi connectivity index (χ1n) is 17.8. The van der Waals surface area contributed by atoms with Crippen LogP contribution in [0, 0.1) is 18.1 Å². The average molecular weight is 895 g/mol. The molecule has 0 aliphatic carbocycles. The minimum absolute atomic E-state index is 0. The second kappa shape index (κ2) is 15.3. The molecule has 0 saturated carbocycles. The minimum Gasteiger partial charge on any atom is -0.501 e. The number of rotatable bonds is 7. The Morgan fingerprint density at radius 1 is 0.820 bits per heavy atom. The normalized spacial score (nSPS) is 12.4. The number of hydrogen-bond donors (Lipinski definition) is 0. The van der Waals surface area contributed by atoms with Crippen molar-refractivity contribution in [3.05, 3.63) is 151 Å². The molecule has 6 heteroatoms. The zero-order chi connectivity index (χ0) is 35.8. The summed E-state index contributed by atoms with van der Waals surface area (Å²) in [4.78, 5) is 9.57. The van der Waals surface area contributed by atoms with E-state index in [0.717, 1.165) is 72.1 Å². The summed E-state index contributed by atoms with van der Waals surface area (Å²) in [6.45, 7) is 4.61. The van der Waals surface area contributed by atoms with Crippen LogP contribution in [0.4, 0.5) is 0 Å². The SMILES string of the molecule is [2H]C([2H])(c1cc(-c2[c-]cccc2)nc[c]1[Ge]([CH3])([CH3])[CH3])C(C)C.[Ir].[c-]1ccc2c(oc3ccccc32)c1-c1nc2ccccc2n1Cc1ccccc1. The smallest absolute Gasteiger partial charge is 0.120 e. The van der Waals surface area contributed by atoms with Gasteiger partial charge in [0.05, 0.1) is 22.4 Å². The van der Waals surface area contributed by atoms with Gasteiger partial charge in [-0.05, 0) is 23.8 Å². The van der Waals surface area contributed by atoms with Crippen molar-refractivity contribution in [1.82, 2.24) is 14.5 Å². The van der Waals surface area contributed by atoms with Crippen molar-refractivity contribution in [2.45, 2.75) is 44.0 Å². The fourth-order valence-corrected chi connectivity index (χ4v) is 9.18. The fraction of sp³-hybridized carbons (Fsp3) is 0.182. The molecule has 8 rings (SSSR count). The Labute approximate surface area is 314 Å². The van der Waals surface area contributed by atoms with Gasteiger partial charge in [0.15, 0.2) is 0 Å². The van der Waals surface area contributed by atoms with Gasteiger partial charge in [0.2, 0.25) is 0 Å². The molecule has 0 fully saturated rings. The van der Waals surface area contributed by atoms with E-state index in [4.69, 9.17) is 12.1 Å². The van der Waals surface area contributed by atoms with E-state index < -0.39 is 19.6 Å². The number of hydrogen-bond acceptors (Lipinski definition) is 3. The van der Waals surface area contributed by atoms with Crippen molar-refractivity contribution in [2.24, 2.45) is 5.92 Å². The molecule has 0 aliphatic rings. The van der Waals surface area contributed by atoms with Crippen LogP contribution < -0.4 is 4.40 Å². The second-order valence-electron chi connectivity index (χ2n) is 13.6. The van der Waals surface area contributed by atoms with Crippen molar-refractivity contribution in [3.63, 3.8) is 0 Å². The van der Waals surface area contributed by atoms with Gasteiger partial charge in [-0.1, -0.05) is 71.6 Å². The molecule has 0 saturated heterocycles. The molecule has 3 heterocycles. The standard InChI is InChI=1S/C26H17N2O.C18H24GeN.Ir/c1-2-9-18(10-3-1)17-28-23-15-6-5-14-22(23)27-26(28)21-13-8-12-20-19-11-4-7-16-24(19)29-25(20)21;1-14(2)11-16-12-18(15-9-7-6-8-10-15)20-13-17(16)19(3,4)5;/h1-12,14-16H,17H2;6-9,12-14H,11H2,1-5H3;/q2*-1;/i;11D2;. The van der Waals surface area contributed by atoms with E-state index in [0.29, 0.717) is 0 Å². The van der Waals surface area contributed by atoms with E-state index in [2.05, 4.69) is 93.5 Å². The predicted octanol–water partition coefficient (Wildman–Crippen LogP) is 10.7. The Balaban J connectivity index is 0.000000183. The third kappa shape index (κ3) is 7.56. The fourth-order valence-electron chi connectivity index (χ4n) is 6.23. The maximum Gasteiger partial charge on any atom is 0.120 e. The Kier molecular flexibility index (Phi) is 10.1. The summed E-state index contributed by atoms with van der Waals surface area (Å²) in [5.74, 6) is 7.65. The van der Waals surface area contributed by atoms with E-state index >= 15 is 0 Å². The number of para-hydroxylation sites is 3. The Morgan fingerprint density at radius 3 is 2.32 bits per heavy atom. The number of benzene rings is 5. The van der Waals surface area contributed by atoms with Gasteiger partial charge in [-0.3, -0.25) is 4.98 Å². The summed E-state index contributed by atoms with van der Waals surface area (Å²) in [5, 5.41) is 2.20. The molecule has 0 unspecified atom stereocenters. The maximum absolute atomic E-state index is 8.56. The molecular weight excluding hydrogens is 851 g/mol. The van der Waals surface area contributed by atoms with E-state index in [-0.39, 0.29) is 26.0 Å². The molecule has 253 valence electrons. The monoisotopic (exact) mass is 896 g/mol. The Hall–Kier alpha value is -4.29. The summed E-state index contributed by atoms with van der Waals surface area (Å²) in [7, 11) is 0. The molecule has 0 spiro atoms. The van der Waals surface area contributed by atoms with Gasteiger partial charge in [-0.15, -0.1) is 18.2 Å². The van der Waals surface area contributed by atoms with Crippen molar-refractivity contribution in [3.8, 4) is 22.6 Å². The van der Waals surface area contributed by atoms with Gasteiger partial charge in [0.1, 0.15) is 5.58 Å². The average Bonchev–Trinajstić information content (AvgIpc) is 3.70. The minimum atomic E-state index is -2.20. The molecule has 1 radical (unpaired) electrons. The zero-order valence-electron chi connectivity index (χ0n) is 31.0. The number of furan rings is 1. The van der Waals surface area contributed by atoms with Gasteiger partial charge in [-0.25, -0.2) is 0 Å². The van der Waals surface area contributed by atoms with Crippen LogP contribution in [0.3, 0.4) is 0 Å². The van der Waals surface area contributed by atoms with Gasteiger partial charge in [0.25, 0.3) is 0 Å². The second-order valence-corrected chi connectivity index (χ2v) is 24.2. The molecule has 50 heavy (non-hydrogen) atoms. The van der Waals surface area contributed by atoms with Gasteiger partial charge in [0, 0.05) is 32.0 Å². The van der Waals surface area contributed by atoms with Gasteiger partial charge in [-0.2, -0.15) is 0 Å². The van der Waals surface area contributed by atoms with Crippen LogP contribution in [-0.2, 0) is 33.0 Å². The number of pyridine rings is 1. The van der Waals surface area contributed by atoms with Crippen LogP contribution in [0.5, 0.6) is 0 Å². The van der Waals surface area contributed by atoms with Crippen LogP contribution in [-0.4, -0.2) is 27.8 Å². The summed E-state index contributed by atoms with van der Waals surface area (Å²) in [5.41, 5.74) is 8.45. The van der Waals surface area contributed by atoms with E-state index in [1.807, 2.05) is 86.8 Å². The van der Waals surface area contributed by atoms with E-state index in [1.165, 1.54) is 5.56 Å². The van der Waals surface area contributed by atoms with Crippen molar-refractivity contribution >= 4 is 50.6 Å². The third-order valence-electron chi connectivity index (χ3n) is 8.54. The number of aromatic nitrogens is 3. The number of imidazole rings is 1. The molecule has 0 bridgehead atoms. The molecule has 3 aromatic heterocycles. The molecule has 4 nitrogen and oxygen atoms in total. The molecule has 8 aromatic rings. The largest absolute Gasteiger partial charge is 0.501 e. The topological polar surface area (TPSA) is 43.9 Å². The number of nitrogens with zero attached hydrogens (tertiary/aromatic N) is 3. The molecule has 0 atom stereocenters. The first-order chi connectivity index (χ1) is 24.5. The van der Waals surface area contributed by atoms with Crippen molar-refractivity contribution < 1.29 is 27.3 Å². The summed E-state index contributed by atoms with van der Waals surface area (Å²) >= 11 is -2.20. The maximum atomic E-state index is 8.56. The van der Waals surface area contributed by atoms with Crippen LogP contribution in [0.25, 0.3) is 55.6 Å². The van der Waals surface area contributed by atoms with Crippen molar-refractivity contribution in [2.75, 3.05) is 0 Å². The Bertz CT molecular complexity index is 2450. The van der Waals surface area contributed by atoms with Crippen LogP contribution in [0.15, 0.2) is 132 Å². The quantitative estimate of drug-likeness (QED) is 0.118. The Morgan fingerprint density at radius 2 is 1.56 bits per heavy atom. The van der Waals surface area contributed by atoms with Crippen LogP contribution >= 0.6 is 0 Å². The summed E-state index contributed by atoms with van der Waals surface area (Å²) in [6.07, 6.45) is 0.562. The number of fused-ring (bicyclic) bond motifs is 4. The van der Waals surface area contributed by atoms with Crippen LogP contribution in [0.1, 0.15) is 27.7 Å². The van der Waals surface area contributed by atoms with Crippen LogP contribution in [0.2, 0.25) is 17.3 Å². The first kappa shape index (κ1) is 32.9. The van der Waals surface area contributed by atoms with Gasteiger partial charge < -0.3 is 8.98 Å². The van der Waals surface area contributed by atoms with E-state index in [9.17, 15) is 0 Å². The zero-order valence-corrected chi connectivity index (χ0v) is 33.5. The van der Waals surface area contributed by atoms with Gasteiger partial charge >= 0.3 is 128 Å². The molecule has 0 amide bonds. The predicted molar refractivity (Wildman–Crippen MR) is 207 cm³/mol. The third-order valence-corrected chi connectivity index (χ3v) is 12.8. The summed E-state index contributed by atoms with van der Waals surface area (Å²) < 4.78 is 26.8.